The van der Waals surface area contributed by atoms with Crippen molar-refractivity contribution < 1.29 is 58.5 Å². The molecule has 0 aromatic carbocycles. The number of carboxylic acid groups (broad SMARTS) is 2. The van der Waals surface area contributed by atoms with Crippen LogP contribution < -0.4 is 0 Å². The number of nitrogens with zero attached hydrogens (tertiary/aromatic N) is 2. The van der Waals surface area contributed by atoms with Gasteiger partial charge in [0.1, 0.15) is 0 Å². The average Bonchev–Trinajstić information content (AvgIpc) is 2.41. The van der Waals surface area contributed by atoms with Gasteiger partial charge in [-0.25, -0.2) is 9.59 Å². The van der Waals surface area contributed by atoms with Gasteiger partial charge in [0.2, 0.25) is 0 Å². The van der Waals surface area contributed by atoms with E-state index in [9.17, 15) is 9.59 Å². The molecule has 0 atom stereocenters. The van der Waals surface area contributed by atoms with Crippen LogP contribution in [0.2, 0.25) is 0 Å². The first-order chi connectivity index (χ1) is 8.61. The van der Waals surface area contributed by atoms with Gasteiger partial charge in [-0.15, -0.1) is 0 Å². The number of aromatic nitrogens is 2. The molecule has 2 rings (SSSR count). The number of carboxylic acids is 2. The minimum absolute atomic E-state index is 0. The summed E-state index contributed by atoms with van der Waals surface area (Å²) in [5, 5.41) is 16.7. The van der Waals surface area contributed by atoms with Gasteiger partial charge in [0.15, 0.2) is 0 Å². The predicted molar refractivity (Wildman–Crippen MR) is 76.8 cm³/mol. The number of hydrogen-bond donors (Lipinski definition) is 2. The van der Waals surface area contributed by atoms with E-state index in [1.165, 1.54) is 49.1 Å². The fourth-order valence-corrected chi connectivity index (χ4v) is 0.989. The number of hydrogen-bond acceptors (Lipinski definition) is 4. The molecule has 0 aliphatic carbocycles. The van der Waals surface area contributed by atoms with Crippen LogP contribution in [0.25, 0.3) is 0 Å². The summed E-state index contributed by atoms with van der Waals surface area (Å²) >= 11 is 0. The third kappa shape index (κ3) is 13.0. The van der Waals surface area contributed by atoms with Crippen molar-refractivity contribution in [2.24, 2.45) is 0 Å². The maximum absolute atomic E-state index is 10.2. The number of pyridine rings is 2. The first kappa shape index (κ1) is 32.5. The maximum atomic E-state index is 10.2. The van der Waals surface area contributed by atoms with Crippen LogP contribution in [0.3, 0.4) is 0 Å². The Morgan fingerprint density at radius 2 is 0.870 bits per heavy atom. The Labute approximate surface area is 141 Å². The molecule has 2 heterocycles. The fourth-order valence-electron chi connectivity index (χ4n) is 0.989. The topological polar surface area (TPSA) is 226 Å². The Kier molecular flexibility index (Phi) is 24.9. The second-order valence-electron chi connectivity index (χ2n) is 3.08. The minimum atomic E-state index is -0.919. The van der Waals surface area contributed by atoms with Crippen molar-refractivity contribution in [3.63, 3.8) is 0 Å². The third-order valence-corrected chi connectivity index (χ3v) is 1.85. The Bertz CT molecular complexity index is 478. The van der Waals surface area contributed by atoms with E-state index >= 15 is 0 Å². The summed E-state index contributed by atoms with van der Waals surface area (Å²) in [5.74, 6) is -1.84. The molecule has 0 amide bonds. The van der Waals surface area contributed by atoms with Crippen molar-refractivity contribution in [2.75, 3.05) is 0 Å². The maximum Gasteiger partial charge on any atom is 0.335 e. The molecule has 0 saturated heterocycles. The van der Waals surface area contributed by atoms with Gasteiger partial charge in [0, 0.05) is 41.6 Å². The quantitative estimate of drug-likeness (QED) is 0.616. The molecule has 0 saturated carbocycles. The van der Waals surface area contributed by atoms with Crippen LogP contribution in [0.4, 0.5) is 0 Å². The van der Waals surface area contributed by atoms with Gasteiger partial charge in [0.25, 0.3) is 0 Å². The molecule has 10 nitrogen and oxygen atoms in total. The van der Waals surface area contributed by atoms with Gasteiger partial charge in [0.05, 0.1) is 11.1 Å². The zero-order valence-corrected chi connectivity index (χ0v) is 12.6. The Morgan fingerprint density at radius 1 is 0.652 bits per heavy atom. The van der Waals surface area contributed by atoms with E-state index < -0.39 is 11.9 Å². The molecule has 1 radical (unpaired) electrons. The third-order valence-electron chi connectivity index (χ3n) is 1.85. The molecule has 0 aliphatic heterocycles. The summed E-state index contributed by atoms with van der Waals surface area (Å²) in [6.07, 6.45) is 5.79. The van der Waals surface area contributed by atoms with E-state index in [0.29, 0.717) is 0 Å². The van der Waals surface area contributed by atoms with Crippen LogP contribution in [0.1, 0.15) is 20.7 Å². The van der Waals surface area contributed by atoms with Crippen LogP contribution in [0.15, 0.2) is 49.1 Å². The van der Waals surface area contributed by atoms with Crippen molar-refractivity contribution in [1.82, 2.24) is 9.97 Å². The van der Waals surface area contributed by atoms with Crippen LogP contribution in [-0.2, 0) is 16.8 Å². The van der Waals surface area contributed by atoms with Crippen LogP contribution in [0.5, 0.6) is 0 Å². The van der Waals surface area contributed by atoms with Gasteiger partial charge in [-0.3, -0.25) is 9.97 Å². The van der Waals surface area contributed by atoms with E-state index in [2.05, 4.69) is 9.97 Å². The largest absolute Gasteiger partial charge is 0.478 e. The molecule has 0 spiro atoms. The molecule has 0 fully saturated rings. The molecule has 0 unspecified atom stereocenters. The fraction of sp³-hybridized carbons (Fsp3) is 0. The molecule has 11 heteroatoms. The van der Waals surface area contributed by atoms with Crippen LogP contribution >= 0.6 is 0 Å². The van der Waals surface area contributed by atoms with Gasteiger partial charge >= 0.3 is 11.9 Å². The normalized spacial score (nSPS) is 6.96. The first-order valence-electron chi connectivity index (χ1n) is 4.88. The molecule has 0 aliphatic rings. The van der Waals surface area contributed by atoms with Crippen LogP contribution in [-0.4, -0.2) is 54.0 Å². The van der Waals surface area contributed by atoms with Crippen LogP contribution in [0, 0.1) is 0 Å². The molecule has 133 valence electrons. The average molecular weight is 377 g/mol. The molecule has 2 aromatic heterocycles. The molecule has 10 N–H and O–H groups in total. The number of rotatable bonds is 2. The molecular weight excluding hydrogens is 359 g/mol. The second kappa shape index (κ2) is 17.6. The molecule has 2 aromatic rings. The summed E-state index contributed by atoms with van der Waals surface area (Å²) in [5.41, 5.74) is 0.537. The van der Waals surface area contributed by atoms with Gasteiger partial charge in [-0.2, -0.15) is 0 Å². The van der Waals surface area contributed by atoms with Crippen molar-refractivity contribution in [1.29, 1.82) is 0 Å². The van der Waals surface area contributed by atoms with E-state index in [4.69, 9.17) is 10.2 Å². The summed E-state index contributed by atoms with van der Waals surface area (Å²) in [6, 6.07) is 5.79. The monoisotopic (exact) mass is 377 g/mol. The zero-order valence-electron chi connectivity index (χ0n) is 11.6. The standard InChI is InChI=1S/2C6H5NO2.Co.4H2O/c2*8-6(9)5-1-3-7-4-2-5;;;;;/h2*1-4H,(H,8,9);;4*1H2. The van der Waals surface area contributed by atoms with Gasteiger partial charge < -0.3 is 32.1 Å². The second-order valence-corrected chi connectivity index (χ2v) is 3.08. The SMILES string of the molecule is O.O.O.O.O=C(O)c1ccncc1.O=C(O)c1ccncc1.[Co]. The number of carbonyl (C=O) groups is 2. The minimum Gasteiger partial charge on any atom is -0.478 e. The number of aromatic carboxylic acids is 2. The first-order valence-corrected chi connectivity index (χ1v) is 4.88. The summed E-state index contributed by atoms with van der Waals surface area (Å²) in [7, 11) is 0. The predicted octanol–water partition coefficient (Wildman–Crippen LogP) is -1.74. The van der Waals surface area contributed by atoms with Crippen molar-refractivity contribution in [3.05, 3.63) is 60.2 Å². The van der Waals surface area contributed by atoms with Crippen molar-refractivity contribution in [2.45, 2.75) is 0 Å². The molecule has 0 bridgehead atoms. The Morgan fingerprint density at radius 3 is 1.00 bits per heavy atom. The summed E-state index contributed by atoms with van der Waals surface area (Å²) in [6.45, 7) is 0. The summed E-state index contributed by atoms with van der Waals surface area (Å²) in [4.78, 5) is 27.7. The summed E-state index contributed by atoms with van der Waals surface area (Å²) < 4.78 is 0. The van der Waals surface area contributed by atoms with Crippen molar-refractivity contribution >= 4 is 11.9 Å². The van der Waals surface area contributed by atoms with Gasteiger partial charge in [-0.05, 0) is 24.3 Å². The Hall–Kier alpha value is -2.41. The molecule has 23 heavy (non-hydrogen) atoms. The van der Waals surface area contributed by atoms with E-state index in [1.807, 2.05) is 0 Å². The Balaban J connectivity index is -0.0000000771. The van der Waals surface area contributed by atoms with Gasteiger partial charge in [-0.1, -0.05) is 0 Å². The van der Waals surface area contributed by atoms with E-state index in [1.54, 1.807) is 0 Å². The van der Waals surface area contributed by atoms with Crippen molar-refractivity contribution in [3.8, 4) is 0 Å². The smallest absolute Gasteiger partial charge is 0.335 e. The zero-order chi connectivity index (χ0) is 13.4. The van der Waals surface area contributed by atoms with E-state index in [-0.39, 0.29) is 49.8 Å². The molecular formula is C12H18CoN2O8. The van der Waals surface area contributed by atoms with E-state index in [0.717, 1.165) is 0 Å².